The van der Waals surface area contributed by atoms with Gasteiger partial charge < -0.3 is 10.3 Å². The fourth-order valence-electron chi connectivity index (χ4n) is 2.42. The highest BCUT2D eigenvalue weighted by atomic mass is 35.5. The molecule has 1 heterocycles. The molecule has 3 aromatic rings. The first-order valence-corrected chi connectivity index (χ1v) is 7.69. The van der Waals surface area contributed by atoms with Crippen LogP contribution in [0, 0.1) is 0 Å². The van der Waals surface area contributed by atoms with E-state index in [1.54, 1.807) is 18.2 Å². The third-order valence-corrected chi connectivity index (χ3v) is 4.37. The molecule has 0 saturated carbocycles. The summed E-state index contributed by atoms with van der Waals surface area (Å²) in [5.74, 6) is -0.215. The van der Waals surface area contributed by atoms with Crippen LogP contribution in [0.5, 0.6) is 0 Å². The van der Waals surface area contributed by atoms with Crippen LogP contribution in [0.4, 0.5) is 0 Å². The first-order chi connectivity index (χ1) is 10.7. The number of fused-ring (bicyclic) bond motifs is 1. The van der Waals surface area contributed by atoms with Crippen LogP contribution >= 0.6 is 23.2 Å². The molecule has 112 valence electrons. The highest BCUT2D eigenvalue weighted by Gasteiger charge is 2.12. The van der Waals surface area contributed by atoms with Crippen LogP contribution in [-0.4, -0.2) is 17.4 Å². The van der Waals surface area contributed by atoms with Crippen molar-refractivity contribution in [1.82, 2.24) is 10.3 Å². The van der Waals surface area contributed by atoms with Gasteiger partial charge >= 0.3 is 0 Å². The van der Waals surface area contributed by atoms with E-state index in [0.29, 0.717) is 17.1 Å². The molecular weight excluding hydrogens is 319 g/mol. The average molecular weight is 333 g/mol. The molecule has 5 heteroatoms. The largest absolute Gasteiger partial charge is 0.361 e. The van der Waals surface area contributed by atoms with E-state index in [4.69, 9.17) is 23.2 Å². The molecule has 0 aliphatic carbocycles. The van der Waals surface area contributed by atoms with E-state index in [9.17, 15) is 4.79 Å². The van der Waals surface area contributed by atoms with Crippen LogP contribution in [0.3, 0.4) is 0 Å². The second kappa shape index (κ2) is 6.42. The summed E-state index contributed by atoms with van der Waals surface area (Å²) in [5.41, 5.74) is 2.67. The predicted octanol–water partition coefficient (Wildman–Crippen LogP) is 4.45. The normalized spacial score (nSPS) is 10.8. The van der Waals surface area contributed by atoms with Crippen molar-refractivity contribution in [3.05, 3.63) is 69.8 Å². The average Bonchev–Trinajstić information content (AvgIpc) is 2.93. The van der Waals surface area contributed by atoms with Gasteiger partial charge in [-0.2, -0.15) is 0 Å². The molecule has 2 aromatic carbocycles. The molecule has 1 aromatic heterocycles. The van der Waals surface area contributed by atoms with Crippen molar-refractivity contribution >= 4 is 40.0 Å². The number of aromatic nitrogens is 1. The molecule has 0 aliphatic rings. The van der Waals surface area contributed by atoms with Gasteiger partial charge in [0.25, 0.3) is 5.91 Å². The van der Waals surface area contributed by atoms with Gasteiger partial charge in [0.15, 0.2) is 0 Å². The van der Waals surface area contributed by atoms with Crippen LogP contribution in [0.2, 0.25) is 10.0 Å². The molecule has 0 atom stereocenters. The number of para-hydroxylation sites is 1. The lowest BCUT2D eigenvalue weighted by Crippen LogP contribution is -2.25. The van der Waals surface area contributed by atoms with E-state index in [2.05, 4.69) is 16.4 Å². The standard InChI is InChI=1S/C17H14Cl2N2O/c18-14-6-3-5-13(16(14)19)17(22)20-9-8-11-10-21-15-7-2-1-4-12(11)15/h1-7,10,21H,8-9H2,(H,20,22). The van der Waals surface area contributed by atoms with Crippen molar-refractivity contribution in [2.75, 3.05) is 6.54 Å². The minimum Gasteiger partial charge on any atom is -0.361 e. The summed E-state index contributed by atoms with van der Waals surface area (Å²) >= 11 is 12.0. The van der Waals surface area contributed by atoms with Gasteiger partial charge in [0, 0.05) is 23.6 Å². The number of benzene rings is 2. The number of nitrogens with one attached hydrogen (secondary N) is 2. The molecule has 0 unspecified atom stereocenters. The second-order valence-corrected chi connectivity index (χ2v) is 5.75. The summed E-state index contributed by atoms with van der Waals surface area (Å²) in [6.07, 6.45) is 2.72. The number of amides is 1. The predicted molar refractivity (Wildman–Crippen MR) is 90.8 cm³/mol. The number of aromatic amines is 1. The molecule has 0 bridgehead atoms. The maximum absolute atomic E-state index is 12.1. The van der Waals surface area contributed by atoms with E-state index in [1.807, 2.05) is 24.4 Å². The first kappa shape index (κ1) is 14.9. The zero-order valence-electron chi connectivity index (χ0n) is 11.7. The summed E-state index contributed by atoms with van der Waals surface area (Å²) in [7, 11) is 0. The molecule has 0 radical (unpaired) electrons. The number of H-pyrrole nitrogens is 1. The van der Waals surface area contributed by atoms with Gasteiger partial charge in [-0.1, -0.05) is 47.5 Å². The number of carbonyl (C=O) groups is 1. The topological polar surface area (TPSA) is 44.9 Å². The monoisotopic (exact) mass is 332 g/mol. The van der Waals surface area contributed by atoms with Gasteiger partial charge in [0.2, 0.25) is 0 Å². The third-order valence-electron chi connectivity index (χ3n) is 3.55. The highest BCUT2D eigenvalue weighted by molar-refractivity contribution is 6.43. The number of halogens is 2. The molecule has 3 nitrogen and oxygen atoms in total. The number of hydrogen-bond donors (Lipinski definition) is 2. The molecule has 2 N–H and O–H groups in total. The smallest absolute Gasteiger partial charge is 0.252 e. The molecule has 0 spiro atoms. The van der Waals surface area contributed by atoms with Gasteiger partial charge in [0.1, 0.15) is 0 Å². The van der Waals surface area contributed by atoms with E-state index < -0.39 is 0 Å². The van der Waals surface area contributed by atoms with Gasteiger partial charge in [-0.05, 0) is 30.2 Å². The Labute approximate surface area is 138 Å². The summed E-state index contributed by atoms with van der Waals surface area (Å²) in [6, 6.07) is 13.1. The lowest BCUT2D eigenvalue weighted by molar-refractivity contribution is 0.0954. The number of carbonyl (C=O) groups excluding carboxylic acids is 1. The lowest BCUT2D eigenvalue weighted by atomic mass is 10.1. The molecular formula is C17H14Cl2N2O. The van der Waals surface area contributed by atoms with E-state index in [-0.39, 0.29) is 10.9 Å². The Morgan fingerprint density at radius 3 is 2.77 bits per heavy atom. The van der Waals surface area contributed by atoms with Gasteiger partial charge in [-0.15, -0.1) is 0 Å². The van der Waals surface area contributed by atoms with Crippen molar-refractivity contribution < 1.29 is 4.79 Å². The molecule has 1 amide bonds. The molecule has 0 aliphatic heterocycles. The Hall–Kier alpha value is -1.97. The second-order valence-electron chi connectivity index (χ2n) is 4.97. The van der Waals surface area contributed by atoms with Crippen molar-refractivity contribution in [2.24, 2.45) is 0 Å². The Morgan fingerprint density at radius 1 is 1.09 bits per heavy atom. The third kappa shape index (κ3) is 2.96. The molecule has 22 heavy (non-hydrogen) atoms. The summed E-state index contributed by atoms with van der Waals surface area (Å²) in [6.45, 7) is 0.531. The van der Waals surface area contributed by atoms with E-state index in [0.717, 1.165) is 11.9 Å². The highest BCUT2D eigenvalue weighted by Crippen LogP contribution is 2.25. The van der Waals surface area contributed by atoms with Gasteiger partial charge in [-0.3, -0.25) is 4.79 Å². The van der Waals surface area contributed by atoms with Crippen molar-refractivity contribution in [3.63, 3.8) is 0 Å². The van der Waals surface area contributed by atoms with E-state index in [1.165, 1.54) is 10.9 Å². The summed E-state index contributed by atoms with van der Waals surface area (Å²) in [4.78, 5) is 15.4. The van der Waals surface area contributed by atoms with Crippen LogP contribution in [0.1, 0.15) is 15.9 Å². The van der Waals surface area contributed by atoms with Crippen LogP contribution in [0.25, 0.3) is 10.9 Å². The Bertz CT molecular complexity index is 826. The SMILES string of the molecule is O=C(NCCc1c[nH]c2ccccc12)c1cccc(Cl)c1Cl. The lowest BCUT2D eigenvalue weighted by Gasteiger charge is -2.07. The van der Waals surface area contributed by atoms with Crippen molar-refractivity contribution in [3.8, 4) is 0 Å². The zero-order valence-corrected chi connectivity index (χ0v) is 13.2. The number of rotatable bonds is 4. The Kier molecular flexibility index (Phi) is 4.36. The first-order valence-electron chi connectivity index (χ1n) is 6.94. The fourth-order valence-corrected chi connectivity index (χ4v) is 2.81. The van der Waals surface area contributed by atoms with Crippen LogP contribution in [-0.2, 0) is 6.42 Å². The van der Waals surface area contributed by atoms with Crippen molar-refractivity contribution in [1.29, 1.82) is 0 Å². The molecule has 0 saturated heterocycles. The Balaban J connectivity index is 1.66. The molecule has 3 rings (SSSR count). The quantitative estimate of drug-likeness (QED) is 0.728. The minimum absolute atomic E-state index is 0.215. The Morgan fingerprint density at radius 2 is 1.91 bits per heavy atom. The summed E-state index contributed by atoms with van der Waals surface area (Å²) < 4.78 is 0. The maximum Gasteiger partial charge on any atom is 0.252 e. The molecule has 0 fully saturated rings. The maximum atomic E-state index is 12.1. The number of hydrogen-bond acceptors (Lipinski definition) is 1. The minimum atomic E-state index is -0.215. The van der Waals surface area contributed by atoms with Crippen molar-refractivity contribution in [2.45, 2.75) is 6.42 Å². The van der Waals surface area contributed by atoms with E-state index >= 15 is 0 Å². The van der Waals surface area contributed by atoms with Crippen LogP contribution in [0.15, 0.2) is 48.7 Å². The zero-order chi connectivity index (χ0) is 15.5. The van der Waals surface area contributed by atoms with Gasteiger partial charge in [-0.25, -0.2) is 0 Å². The van der Waals surface area contributed by atoms with Crippen LogP contribution < -0.4 is 5.32 Å². The van der Waals surface area contributed by atoms with Gasteiger partial charge in [0.05, 0.1) is 15.6 Å². The summed E-state index contributed by atoms with van der Waals surface area (Å²) in [5, 5.41) is 4.72. The fraction of sp³-hybridized carbons (Fsp3) is 0.118.